The minimum atomic E-state index is 0.122. The van der Waals surface area contributed by atoms with Crippen molar-refractivity contribution in [1.82, 2.24) is 0 Å². The highest BCUT2D eigenvalue weighted by molar-refractivity contribution is 5.35. The fourth-order valence-corrected chi connectivity index (χ4v) is 2.85. The number of nitrogens with two attached hydrogens (primary N) is 1. The van der Waals surface area contributed by atoms with Crippen molar-refractivity contribution in [3.05, 3.63) is 34.9 Å². The number of hydrogen-bond acceptors (Lipinski definition) is 2. The lowest BCUT2D eigenvalue weighted by molar-refractivity contribution is 0.118. The van der Waals surface area contributed by atoms with Crippen LogP contribution in [-0.2, 0) is 17.6 Å². The maximum Gasteiger partial charge on any atom is 0.0551 e. The minimum Gasteiger partial charge on any atom is -0.378 e. The monoisotopic (exact) mass is 247 g/mol. The molecule has 18 heavy (non-hydrogen) atoms. The predicted molar refractivity (Wildman–Crippen MR) is 75.6 cm³/mol. The summed E-state index contributed by atoms with van der Waals surface area (Å²) in [7, 11) is 0. The topological polar surface area (TPSA) is 35.2 Å². The first-order valence-corrected chi connectivity index (χ1v) is 7.14. The fourth-order valence-electron chi connectivity index (χ4n) is 2.85. The van der Waals surface area contributed by atoms with Gasteiger partial charge in [-0.2, -0.15) is 0 Å². The zero-order valence-corrected chi connectivity index (χ0v) is 11.8. The third kappa shape index (κ3) is 2.76. The molecule has 100 valence electrons. The van der Waals surface area contributed by atoms with Crippen LogP contribution in [0.4, 0.5) is 0 Å². The second-order valence-electron chi connectivity index (χ2n) is 5.41. The Morgan fingerprint density at radius 1 is 1.33 bits per heavy atom. The molecule has 1 saturated heterocycles. The number of hydrogen-bond donors (Lipinski definition) is 1. The molecule has 0 aliphatic carbocycles. The van der Waals surface area contributed by atoms with Gasteiger partial charge in [0.05, 0.1) is 12.7 Å². The quantitative estimate of drug-likeness (QED) is 0.886. The summed E-state index contributed by atoms with van der Waals surface area (Å²) in [6.07, 6.45) is 3.57. The van der Waals surface area contributed by atoms with Gasteiger partial charge in [-0.1, -0.05) is 32.0 Å². The van der Waals surface area contributed by atoms with E-state index in [1.54, 1.807) is 0 Å². The van der Waals surface area contributed by atoms with Crippen LogP contribution in [0.5, 0.6) is 0 Å². The SMILES string of the molecule is CCc1ccc(CC)c(C(N)C2COC(C)C2)c1. The lowest BCUT2D eigenvalue weighted by Crippen LogP contribution is -2.23. The molecule has 1 aromatic rings. The molecule has 0 amide bonds. The van der Waals surface area contributed by atoms with E-state index in [1.807, 2.05) is 0 Å². The smallest absolute Gasteiger partial charge is 0.0551 e. The first-order valence-electron chi connectivity index (χ1n) is 7.14. The predicted octanol–water partition coefficient (Wildman–Crippen LogP) is 3.24. The van der Waals surface area contributed by atoms with Gasteiger partial charge >= 0.3 is 0 Å². The van der Waals surface area contributed by atoms with Gasteiger partial charge in [-0.05, 0) is 42.9 Å². The van der Waals surface area contributed by atoms with E-state index in [9.17, 15) is 0 Å². The van der Waals surface area contributed by atoms with E-state index in [1.165, 1.54) is 16.7 Å². The van der Waals surface area contributed by atoms with Crippen molar-refractivity contribution < 1.29 is 4.74 Å². The van der Waals surface area contributed by atoms with Crippen molar-refractivity contribution in [2.75, 3.05) is 6.61 Å². The molecule has 1 aliphatic heterocycles. The second kappa shape index (κ2) is 5.85. The highest BCUT2D eigenvalue weighted by Gasteiger charge is 2.29. The summed E-state index contributed by atoms with van der Waals surface area (Å²) < 4.78 is 5.66. The lowest BCUT2D eigenvalue weighted by atomic mass is 9.87. The number of benzene rings is 1. The van der Waals surface area contributed by atoms with Gasteiger partial charge in [-0.3, -0.25) is 0 Å². The molecule has 2 N–H and O–H groups in total. The van der Waals surface area contributed by atoms with Crippen molar-refractivity contribution >= 4 is 0 Å². The molecular formula is C16H25NO. The summed E-state index contributed by atoms with van der Waals surface area (Å²) in [5.74, 6) is 0.470. The average Bonchev–Trinajstić information content (AvgIpc) is 2.83. The molecule has 0 saturated carbocycles. The molecule has 0 aromatic heterocycles. The summed E-state index contributed by atoms with van der Waals surface area (Å²) >= 11 is 0. The third-order valence-corrected chi connectivity index (χ3v) is 4.10. The first kappa shape index (κ1) is 13.6. The van der Waals surface area contributed by atoms with E-state index >= 15 is 0 Å². The van der Waals surface area contributed by atoms with Crippen LogP contribution in [0.2, 0.25) is 0 Å². The number of rotatable bonds is 4. The van der Waals surface area contributed by atoms with Crippen molar-refractivity contribution in [3.8, 4) is 0 Å². The zero-order valence-electron chi connectivity index (χ0n) is 11.8. The molecule has 0 spiro atoms. The molecule has 1 heterocycles. The molecule has 2 rings (SSSR count). The van der Waals surface area contributed by atoms with Gasteiger partial charge in [-0.25, -0.2) is 0 Å². The van der Waals surface area contributed by atoms with Gasteiger partial charge in [0.15, 0.2) is 0 Å². The molecule has 2 nitrogen and oxygen atoms in total. The van der Waals surface area contributed by atoms with E-state index < -0.39 is 0 Å². The van der Waals surface area contributed by atoms with Crippen LogP contribution in [0.3, 0.4) is 0 Å². The molecule has 0 radical (unpaired) electrons. The van der Waals surface area contributed by atoms with Crippen molar-refractivity contribution in [2.24, 2.45) is 11.7 Å². The Morgan fingerprint density at radius 2 is 2.11 bits per heavy atom. The van der Waals surface area contributed by atoms with Crippen LogP contribution < -0.4 is 5.73 Å². The molecular weight excluding hydrogens is 222 g/mol. The molecule has 1 aromatic carbocycles. The molecule has 2 heteroatoms. The van der Waals surface area contributed by atoms with Gasteiger partial charge in [0.1, 0.15) is 0 Å². The maximum absolute atomic E-state index is 6.48. The fraction of sp³-hybridized carbons (Fsp3) is 0.625. The Hall–Kier alpha value is -0.860. The van der Waals surface area contributed by atoms with Gasteiger partial charge in [0, 0.05) is 12.0 Å². The van der Waals surface area contributed by atoms with E-state index in [0.717, 1.165) is 25.9 Å². The van der Waals surface area contributed by atoms with Crippen molar-refractivity contribution in [1.29, 1.82) is 0 Å². The van der Waals surface area contributed by atoms with Crippen molar-refractivity contribution in [3.63, 3.8) is 0 Å². The Labute approximate surface area is 111 Å². The van der Waals surface area contributed by atoms with E-state index in [4.69, 9.17) is 10.5 Å². The summed E-state index contributed by atoms with van der Waals surface area (Å²) in [6.45, 7) is 7.33. The zero-order chi connectivity index (χ0) is 13.1. The van der Waals surface area contributed by atoms with Crippen LogP contribution in [-0.4, -0.2) is 12.7 Å². The lowest BCUT2D eigenvalue weighted by Gasteiger charge is -2.22. The first-order chi connectivity index (χ1) is 8.65. The third-order valence-electron chi connectivity index (χ3n) is 4.10. The summed E-state index contributed by atoms with van der Waals surface area (Å²) in [5.41, 5.74) is 10.6. The van der Waals surface area contributed by atoms with Crippen LogP contribution >= 0.6 is 0 Å². The maximum atomic E-state index is 6.48. The van der Waals surface area contributed by atoms with Crippen LogP contribution in [0.25, 0.3) is 0 Å². The molecule has 3 atom stereocenters. The normalized spacial score (nSPS) is 25.3. The minimum absolute atomic E-state index is 0.122. The van der Waals surface area contributed by atoms with Crippen LogP contribution in [0, 0.1) is 5.92 Å². The van der Waals surface area contributed by atoms with Gasteiger partial charge in [0.2, 0.25) is 0 Å². The van der Waals surface area contributed by atoms with E-state index in [0.29, 0.717) is 12.0 Å². The highest BCUT2D eigenvalue weighted by atomic mass is 16.5. The summed E-state index contributed by atoms with van der Waals surface area (Å²) in [6, 6.07) is 6.89. The Morgan fingerprint density at radius 3 is 2.67 bits per heavy atom. The Bertz CT molecular complexity index is 402. The summed E-state index contributed by atoms with van der Waals surface area (Å²) in [5, 5.41) is 0. The van der Waals surface area contributed by atoms with E-state index in [-0.39, 0.29) is 6.04 Å². The molecule has 1 aliphatic rings. The second-order valence-corrected chi connectivity index (χ2v) is 5.41. The highest BCUT2D eigenvalue weighted by Crippen LogP contribution is 2.32. The van der Waals surface area contributed by atoms with Crippen LogP contribution in [0.1, 0.15) is 49.9 Å². The number of ether oxygens (including phenoxy) is 1. The standard InChI is InChI=1S/C16H25NO/c1-4-12-6-7-13(5-2)15(9-12)16(17)14-8-11(3)18-10-14/h6-7,9,11,14,16H,4-5,8,10,17H2,1-3H3. The average molecular weight is 247 g/mol. The molecule has 3 unspecified atom stereocenters. The largest absolute Gasteiger partial charge is 0.378 e. The van der Waals surface area contributed by atoms with Gasteiger partial charge < -0.3 is 10.5 Å². The Kier molecular flexibility index (Phi) is 4.41. The Balaban J connectivity index is 2.24. The van der Waals surface area contributed by atoms with E-state index in [2.05, 4.69) is 39.0 Å². The van der Waals surface area contributed by atoms with Gasteiger partial charge in [-0.15, -0.1) is 0 Å². The van der Waals surface area contributed by atoms with Crippen LogP contribution in [0.15, 0.2) is 18.2 Å². The van der Waals surface area contributed by atoms with Gasteiger partial charge in [0.25, 0.3) is 0 Å². The molecule has 1 fully saturated rings. The number of aryl methyl sites for hydroxylation is 2. The summed E-state index contributed by atoms with van der Waals surface area (Å²) in [4.78, 5) is 0. The van der Waals surface area contributed by atoms with Crippen molar-refractivity contribution in [2.45, 2.75) is 52.2 Å². The molecule has 0 bridgehead atoms.